The highest BCUT2D eigenvalue weighted by Crippen LogP contribution is 2.30. The predicted molar refractivity (Wildman–Crippen MR) is 135 cm³/mol. The quantitative estimate of drug-likeness (QED) is 0.553. The number of hydrogen-bond donors (Lipinski definition) is 2. The van der Waals surface area contributed by atoms with Gasteiger partial charge in [-0.25, -0.2) is 4.79 Å². The molecule has 2 aromatic rings. The number of carbonyl (C=O) groups excluding carboxylic acids is 3. The first-order chi connectivity index (χ1) is 15.8. The number of amides is 3. The van der Waals surface area contributed by atoms with Crippen LogP contribution >= 0.6 is 11.6 Å². The number of benzene rings is 2. The van der Waals surface area contributed by atoms with Crippen LogP contribution in [0.3, 0.4) is 0 Å². The van der Waals surface area contributed by atoms with E-state index in [4.69, 9.17) is 16.3 Å². The fraction of sp³-hybridized carbons (Fsp3) is 0.423. The number of ether oxygens (including phenoxy) is 1. The van der Waals surface area contributed by atoms with E-state index in [-0.39, 0.29) is 13.1 Å². The van der Waals surface area contributed by atoms with Crippen LogP contribution in [0.25, 0.3) is 0 Å². The van der Waals surface area contributed by atoms with Gasteiger partial charge in [-0.1, -0.05) is 47.5 Å². The molecule has 2 rings (SSSR count). The van der Waals surface area contributed by atoms with Crippen LogP contribution in [0.5, 0.6) is 0 Å². The molecule has 0 radical (unpaired) electrons. The minimum atomic E-state index is -0.923. The molecule has 184 valence electrons. The molecule has 7 nitrogen and oxygen atoms in total. The summed E-state index contributed by atoms with van der Waals surface area (Å²) in [5, 5.41) is 5.81. The van der Waals surface area contributed by atoms with Gasteiger partial charge >= 0.3 is 6.09 Å². The second-order valence-corrected chi connectivity index (χ2v) is 9.63. The van der Waals surface area contributed by atoms with Gasteiger partial charge in [0.25, 0.3) is 5.91 Å². The zero-order chi connectivity index (χ0) is 25.6. The summed E-state index contributed by atoms with van der Waals surface area (Å²) in [6.07, 6.45) is -0.698. The second kappa shape index (κ2) is 11.4. The van der Waals surface area contributed by atoms with E-state index in [1.807, 2.05) is 45.0 Å². The van der Waals surface area contributed by atoms with Crippen LogP contribution in [0, 0.1) is 20.8 Å². The number of likely N-dealkylation sites (N-methyl/N-ethyl adjacent to an activating group) is 1. The molecule has 0 fully saturated rings. The Kier molecular flexibility index (Phi) is 9.10. The van der Waals surface area contributed by atoms with E-state index in [0.717, 1.165) is 16.7 Å². The van der Waals surface area contributed by atoms with Crippen molar-refractivity contribution in [1.82, 2.24) is 10.2 Å². The van der Waals surface area contributed by atoms with Crippen LogP contribution in [0.1, 0.15) is 56.0 Å². The van der Waals surface area contributed by atoms with Gasteiger partial charge in [-0.2, -0.15) is 0 Å². The van der Waals surface area contributed by atoms with Gasteiger partial charge in [0.05, 0.1) is 10.7 Å². The van der Waals surface area contributed by atoms with Crippen molar-refractivity contribution in [1.29, 1.82) is 0 Å². The first-order valence-corrected chi connectivity index (χ1v) is 11.6. The Hall–Kier alpha value is -3.06. The Morgan fingerprint density at radius 3 is 2.32 bits per heavy atom. The molecule has 34 heavy (non-hydrogen) atoms. The Morgan fingerprint density at radius 1 is 1.06 bits per heavy atom. The van der Waals surface area contributed by atoms with Crippen LogP contribution < -0.4 is 10.6 Å². The largest absolute Gasteiger partial charge is 0.444 e. The standard InChI is InChI=1S/C26H34ClN3O4/c1-8-30(21(31)15-28-25(33)34-26(5,6)7)23(19-14-16(2)12-13-17(19)3)24(32)29-22-18(4)10-9-11-20(22)27/h9-14,23H,8,15H2,1-7H3,(H,28,33)(H,29,32). The third kappa shape index (κ3) is 7.22. The summed E-state index contributed by atoms with van der Waals surface area (Å²) in [5.74, 6) is -0.803. The number of rotatable bonds is 7. The summed E-state index contributed by atoms with van der Waals surface area (Å²) in [7, 11) is 0. The fourth-order valence-corrected chi connectivity index (χ4v) is 3.82. The molecule has 0 aliphatic rings. The lowest BCUT2D eigenvalue weighted by Crippen LogP contribution is -2.46. The third-order valence-electron chi connectivity index (χ3n) is 5.20. The smallest absolute Gasteiger partial charge is 0.408 e. The maximum absolute atomic E-state index is 13.6. The Labute approximate surface area is 206 Å². The molecule has 8 heteroatoms. The number of halogens is 1. The highest BCUT2D eigenvalue weighted by Gasteiger charge is 2.32. The highest BCUT2D eigenvalue weighted by molar-refractivity contribution is 6.34. The topological polar surface area (TPSA) is 87.7 Å². The van der Waals surface area contributed by atoms with E-state index < -0.39 is 29.6 Å². The zero-order valence-electron chi connectivity index (χ0n) is 20.9. The second-order valence-electron chi connectivity index (χ2n) is 9.22. The number of hydrogen-bond acceptors (Lipinski definition) is 4. The normalized spacial score (nSPS) is 12.0. The number of nitrogens with one attached hydrogen (secondary N) is 2. The van der Waals surface area contributed by atoms with Crippen LogP contribution in [-0.4, -0.2) is 41.5 Å². The Morgan fingerprint density at radius 2 is 1.74 bits per heavy atom. The minimum absolute atomic E-state index is 0.252. The lowest BCUT2D eigenvalue weighted by atomic mass is 9.96. The summed E-state index contributed by atoms with van der Waals surface area (Å²) < 4.78 is 5.22. The SMILES string of the molecule is CCN(C(=O)CNC(=O)OC(C)(C)C)C(C(=O)Nc1c(C)cccc1Cl)c1cc(C)ccc1C. The summed E-state index contributed by atoms with van der Waals surface area (Å²) >= 11 is 6.34. The van der Waals surface area contributed by atoms with Crippen molar-refractivity contribution in [2.45, 2.75) is 60.1 Å². The van der Waals surface area contributed by atoms with Gasteiger partial charge in [0, 0.05) is 6.54 Å². The number of para-hydroxylation sites is 1. The number of carbonyl (C=O) groups is 3. The summed E-state index contributed by atoms with van der Waals surface area (Å²) in [6.45, 7) is 12.6. The van der Waals surface area contributed by atoms with Gasteiger partial charge in [-0.3, -0.25) is 9.59 Å². The van der Waals surface area contributed by atoms with Gasteiger partial charge in [0.1, 0.15) is 18.2 Å². The summed E-state index contributed by atoms with van der Waals surface area (Å²) in [4.78, 5) is 40.3. The fourth-order valence-electron chi connectivity index (χ4n) is 3.55. The molecule has 0 heterocycles. The van der Waals surface area contributed by atoms with E-state index in [9.17, 15) is 14.4 Å². The van der Waals surface area contributed by atoms with E-state index in [2.05, 4.69) is 10.6 Å². The van der Waals surface area contributed by atoms with E-state index in [0.29, 0.717) is 16.3 Å². The zero-order valence-corrected chi connectivity index (χ0v) is 21.7. The van der Waals surface area contributed by atoms with Crippen molar-refractivity contribution in [3.05, 3.63) is 63.7 Å². The Bertz CT molecular complexity index is 1040. The van der Waals surface area contributed by atoms with Gasteiger partial charge < -0.3 is 20.3 Å². The van der Waals surface area contributed by atoms with Crippen molar-refractivity contribution < 1.29 is 19.1 Å². The molecule has 0 bridgehead atoms. The van der Waals surface area contributed by atoms with Gasteiger partial charge in [-0.15, -0.1) is 0 Å². The molecule has 0 aromatic heterocycles. The molecule has 0 aliphatic heterocycles. The monoisotopic (exact) mass is 487 g/mol. The molecule has 0 aliphatic carbocycles. The predicted octanol–water partition coefficient (Wildman–Crippen LogP) is 5.32. The van der Waals surface area contributed by atoms with Crippen molar-refractivity contribution >= 4 is 35.2 Å². The van der Waals surface area contributed by atoms with E-state index in [1.165, 1.54) is 4.90 Å². The molecule has 1 unspecified atom stereocenters. The van der Waals surface area contributed by atoms with Gasteiger partial charge in [0.2, 0.25) is 5.91 Å². The van der Waals surface area contributed by atoms with E-state index >= 15 is 0 Å². The average Bonchev–Trinajstić information content (AvgIpc) is 2.73. The molecular weight excluding hydrogens is 454 g/mol. The molecule has 2 N–H and O–H groups in total. The first kappa shape index (κ1) is 27.2. The van der Waals surface area contributed by atoms with Gasteiger partial charge in [-0.05, 0) is 71.2 Å². The molecule has 0 saturated heterocycles. The molecule has 1 atom stereocenters. The lowest BCUT2D eigenvalue weighted by Gasteiger charge is -2.32. The molecule has 0 spiro atoms. The van der Waals surface area contributed by atoms with E-state index in [1.54, 1.807) is 39.8 Å². The van der Waals surface area contributed by atoms with Crippen molar-refractivity contribution in [2.24, 2.45) is 0 Å². The first-order valence-electron chi connectivity index (χ1n) is 11.2. The summed E-state index contributed by atoms with van der Waals surface area (Å²) in [5.41, 5.74) is 3.15. The number of alkyl carbamates (subject to hydrolysis) is 1. The molecule has 2 aromatic carbocycles. The maximum Gasteiger partial charge on any atom is 0.408 e. The summed E-state index contributed by atoms with van der Waals surface area (Å²) in [6, 6.07) is 10.2. The number of nitrogens with zero attached hydrogens (tertiary/aromatic N) is 1. The van der Waals surface area contributed by atoms with Gasteiger partial charge in [0.15, 0.2) is 0 Å². The van der Waals surface area contributed by atoms with Crippen molar-refractivity contribution in [3.8, 4) is 0 Å². The number of anilines is 1. The molecular formula is C26H34ClN3O4. The highest BCUT2D eigenvalue weighted by atomic mass is 35.5. The van der Waals surface area contributed by atoms with Crippen molar-refractivity contribution in [2.75, 3.05) is 18.4 Å². The third-order valence-corrected chi connectivity index (χ3v) is 5.52. The maximum atomic E-state index is 13.6. The minimum Gasteiger partial charge on any atom is -0.444 e. The van der Waals surface area contributed by atoms with Crippen LogP contribution in [0.15, 0.2) is 36.4 Å². The van der Waals surface area contributed by atoms with Crippen LogP contribution in [-0.2, 0) is 14.3 Å². The number of aryl methyl sites for hydroxylation is 3. The van der Waals surface area contributed by atoms with Crippen LogP contribution in [0.2, 0.25) is 5.02 Å². The lowest BCUT2D eigenvalue weighted by molar-refractivity contribution is -0.138. The molecule has 3 amide bonds. The van der Waals surface area contributed by atoms with Crippen LogP contribution in [0.4, 0.5) is 10.5 Å². The van der Waals surface area contributed by atoms with Crippen molar-refractivity contribution in [3.63, 3.8) is 0 Å². The Balaban J connectivity index is 2.39. The molecule has 0 saturated carbocycles. The average molecular weight is 488 g/mol.